The SMILES string of the molecule is C[CH]CC1OCC(c2cccc3cc(OCC)ccc23)CO1. The van der Waals surface area contributed by atoms with Gasteiger partial charge in [-0.3, -0.25) is 0 Å². The molecule has 22 heavy (non-hydrogen) atoms. The van der Waals surface area contributed by atoms with Crippen molar-refractivity contribution in [3.8, 4) is 5.75 Å². The van der Waals surface area contributed by atoms with Crippen LogP contribution in [0.3, 0.4) is 0 Å². The minimum Gasteiger partial charge on any atom is -0.494 e. The largest absolute Gasteiger partial charge is 0.494 e. The summed E-state index contributed by atoms with van der Waals surface area (Å²) in [7, 11) is 0. The summed E-state index contributed by atoms with van der Waals surface area (Å²) >= 11 is 0. The molecular weight excluding hydrogens is 276 g/mol. The van der Waals surface area contributed by atoms with Crippen molar-refractivity contribution >= 4 is 10.8 Å². The second kappa shape index (κ2) is 7.12. The van der Waals surface area contributed by atoms with Gasteiger partial charge in [0.25, 0.3) is 0 Å². The maximum Gasteiger partial charge on any atom is 0.157 e. The van der Waals surface area contributed by atoms with Crippen molar-refractivity contribution < 1.29 is 14.2 Å². The Kier molecular flexibility index (Phi) is 4.96. The van der Waals surface area contributed by atoms with E-state index in [0.717, 1.165) is 12.2 Å². The van der Waals surface area contributed by atoms with Crippen LogP contribution in [0, 0.1) is 6.42 Å². The van der Waals surface area contributed by atoms with Crippen LogP contribution in [-0.4, -0.2) is 26.1 Å². The highest BCUT2D eigenvalue weighted by Gasteiger charge is 2.24. The van der Waals surface area contributed by atoms with Gasteiger partial charge in [-0.1, -0.05) is 31.2 Å². The number of hydrogen-bond donors (Lipinski definition) is 0. The first-order valence-electron chi connectivity index (χ1n) is 7.98. The lowest BCUT2D eigenvalue weighted by Gasteiger charge is -2.30. The Labute approximate surface area is 132 Å². The monoisotopic (exact) mass is 299 g/mol. The molecule has 0 aromatic heterocycles. The summed E-state index contributed by atoms with van der Waals surface area (Å²) in [5.74, 6) is 1.21. The van der Waals surface area contributed by atoms with Gasteiger partial charge in [-0.15, -0.1) is 0 Å². The number of fused-ring (bicyclic) bond motifs is 1. The van der Waals surface area contributed by atoms with Crippen LogP contribution in [0.25, 0.3) is 10.8 Å². The number of hydrogen-bond acceptors (Lipinski definition) is 3. The minimum atomic E-state index is -0.0826. The molecule has 1 radical (unpaired) electrons. The predicted molar refractivity (Wildman–Crippen MR) is 88.1 cm³/mol. The highest BCUT2D eigenvalue weighted by molar-refractivity contribution is 5.87. The zero-order valence-corrected chi connectivity index (χ0v) is 13.2. The lowest BCUT2D eigenvalue weighted by atomic mass is 9.94. The van der Waals surface area contributed by atoms with Gasteiger partial charge in [0, 0.05) is 12.3 Å². The van der Waals surface area contributed by atoms with Gasteiger partial charge >= 0.3 is 0 Å². The van der Waals surface area contributed by atoms with E-state index in [1.54, 1.807) is 0 Å². The Hall–Kier alpha value is -1.58. The average Bonchev–Trinajstić information content (AvgIpc) is 2.55. The summed E-state index contributed by atoms with van der Waals surface area (Å²) in [5.41, 5.74) is 1.29. The molecule has 0 bridgehead atoms. The molecule has 3 nitrogen and oxygen atoms in total. The fourth-order valence-corrected chi connectivity index (χ4v) is 2.95. The van der Waals surface area contributed by atoms with E-state index in [-0.39, 0.29) is 12.2 Å². The third-order valence-corrected chi connectivity index (χ3v) is 4.03. The van der Waals surface area contributed by atoms with E-state index in [1.807, 2.05) is 19.9 Å². The summed E-state index contributed by atoms with van der Waals surface area (Å²) in [6, 6.07) is 12.7. The maximum absolute atomic E-state index is 5.82. The van der Waals surface area contributed by atoms with Gasteiger partial charge in [-0.2, -0.15) is 0 Å². The summed E-state index contributed by atoms with van der Waals surface area (Å²) in [5, 5.41) is 2.45. The second-order valence-electron chi connectivity index (χ2n) is 5.60. The molecule has 1 aliphatic rings. The topological polar surface area (TPSA) is 27.7 Å². The van der Waals surface area contributed by atoms with Gasteiger partial charge in [-0.05, 0) is 41.8 Å². The first-order chi connectivity index (χ1) is 10.8. The predicted octanol–water partition coefficient (Wildman–Crippen LogP) is 4.31. The highest BCUT2D eigenvalue weighted by atomic mass is 16.7. The van der Waals surface area contributed by atoms with Crippen LogP contribution in [0.4, 0.5) is 0 Å². The van der Waals surface area contributed by atoms with Gasteiger partial charge in [0.15, 0.2) is 6.29 Å². The molecule has 0 saturated carbocycles. The van der Waals surface area contributed by atoms with Crippen molar-refractivity contribution in [2.45, 2.75) is 32.5 Å². The number of benzene rings is 2. The van der Waals surface area contributed by atoms with Crippen LogP contribution < -0.4 is 4.74 Å². The molecule has 2 aromatic rings. The van der Waals surface area contributed by atoms with Gasteiger partial charge < -0.3 is 14.2 Å². The Bertz CT molecular complexity index is 615. The van der Waals surface area contributed by atoms with Gasteiger partial charge in [0.05, 0.1) is 19.8 Å². The van der Waals surface area contributed by atoms with Crippen molar-refractivity contribution in [1.82, 2.24) is 0 Å². The van der Waals surface area contributed by atoms with Crippen molar-refractivity contribution in [2.75, 3.05) is 19.8 Å². The molecule has 0 amide bonds. The van der Waals surface area contributed by atoms with Gasteiger partial charge in [0.1, 0.15) is 5.75 Å². The molecule has 0 N–H and O–H groups in total. The van der Waals surface area contributed by atoms with Gasteiger partial charge in [0.2, 0.25) is 0 Å². The Morgan fingerprint density at radius 1 is 1.18 bits per heavy atom. The van der Waals surface area contributed by atoms with E-state index < -0.39 is 0 Å². The molecule has 0 spiro atoms. The fraction of sp³-hybridized carbons (Fsp3) is 0.421. The van der Waals surface area contributed by atoms with E-state index in [4.69, 9.17) is 14.2 Å². The zero-order chi connectivity index (χ0) is 15.4. The minimum absolute atomic E-state index is 0.0826. The van der Waals surface area contributed by atoms with Crippen molar-refractivity contribution in [1.29, 1.82) is 0 Å². The number of rotatable bonds is 5. The van der Waals surface area contributed by atoms with E-state index in [1.165, 1.54) is 16.3 Å². The van der Waals surface area contributed by atoms with E-state index in [0.29, 0.717) is 19.8 Å². The molecule has 3 heteroatoms. The van der Waals surface area contributed by atoms with Crippen LogP contribution in [-0.2, 0) is 9.47 Å². The molecule has 0 unspecified atom stereocenters. The fourth-order valence-electron chi connectivity index (χ4n) is 2.95. The normalized spacial score (nSPS) is 21.9. The molecule has 1 heterocycles. The van der Waals surface area contributed by atoms with Crippen molar-refractivity contribution in [2.24, 2.45) is 0 Å². The Balaban J connectivity index is 1.82. The highest BCUT2D eigenvalue weighted by Crippen LogP contribution is 2.31. The van der Waals surface area contributed by atoms with E-state index in [2.05, 4.69) is 36.8 Å². The quantitative estimate of drug-likeness (QED) is 0.823. The standard InChI is InChI=1S/C19H23O3/c1-3-6-19-21-12-15(13-22-19)17-8-5-7-14-11-16(20-4-2)9-10-18(14)17/h3,5,7-11,15,19H,4,6,12-13H2,1-2H3. The first-order valence-corrected chi connectivity index (χ1v) is 7.98. The molecule has 0 atom stereocenters. The van der Waals surface area contributed by atoms with E-state index >= 15 is 0 Å². The lowest BCUT2D eigenvalue weighted by molar-refractivity contribution is -0.185. The maximum atomic E-state index is 5.82. The molecule has 2 aromatic carbocycles. The average molecular weight is 299 g/mol. The van der Waals surface area contributed by atoms with Crippen molar-refractivity contribution in [3.63, 3.8) is 0 Å². The van der Waals surface area contributed by atoms with Crippen LogP contribution in [0.2, 0.25) is 0 Å². The van der Waals surface area contributed by atoms with Gasteiger partial charge in [-0.25, -0.2) is 0 Å². The first kappa shape index (κ1) is 15.3. The molecule has 0 aliphatic carbocycles. The van der Waals surface area contributed by atoms with Crippen LogP contribution in [0.5, 0.6) is 5.75 Å². The summed E-state index contributed by atoms with van der Waals surface area (Å²) < 4.78 is 17.2. The molecule has 1 fully saturated rings. The Morgan fingerprint density at radius 3 is 2.73 bits per heavy atom. The molecule has 1 saturated heterocycles. The summed E-state index contributed by atoms with van der Waals surface area (Å²) in [4.78, 5) is 0. The van der Waals surface area contributed by atoms with Crippen LogP contribution >= 0.6 is 0 Å². The van der Waals surface area contributed by atoms with Crippen molar-refractivity contribution in [3.05, 3.63) is 48.4 Å². The smallest absolute Gasteiger partial charge is 0.157 e. The third kappa shape index (κ3) is 3.26. The number of ether oxygens (including phenoxy) is 3. The molecule has 3 rings (SSSR count). The van der Waals surface area contributed by atoms with E-state index in [9.17, 15) is 0 Å². The molecule has 1 aliphatic heterocycles. The summed E-state index contributed by atoms with van der Waals surface area (Å²) in [6.07, 6.45) is 2.85. The third-order valence-electron chi connectivity index (χ3n) is 4.03. The van der Waals surface area contributed by atoms with Crippen LogP contribution in [0.1, 0.15) is 31.7 Å². The zero-order valence-electron chi connectivity index (χ0n) is 13.2. The second-order valence-corrected chi connectivity index (χ2v) is 5.60. The lowest BCUT2D eigenvalue weighted by Crippen LogP contribution is -2.30. The molecular formula is C19H23O3. The van der Waals surface area contributed by atoms with Crippen LogP contribution in [0.15, 0.2) is 36.4 Å². The Morgan fingerprint density at radius 2 is 2.00 bits per heavy atom. The molecule has 117 valence electrons. The summed E-state index contributed by atoms with van der Waals surface area (Å²) in [6.45, 7) is 6.14.